The first-order valence-corrected chi connectivity index (χ1v) is 7.39. The zero-order valence-electron chi connectivity index (χ0n) is 10.7. The number of carbonyl (C=O) groups excluding carboxylic acids is 1. The van der Waals surface area contributed by atoms with Crippen LogP contribution in [0, 0.1) is 0 Å². The minimum absolute atomic E-state index is 0.298. The third-order valence-corrected chi connectivity index (χ3v) is 4.15. The summed E-state index contributed by atoms with van der Waals surface area (Å²) < 4.78 is 1.65. The smallest absolute Gasteiger partial charge is 0.222 e. The zero-order valence-corrected chi connectivity index (χ0v) is 11.5. The second-order valence-electron chi connectivity index (χ2n) is 4.48. The Morgan fingerprint density at radius 2 is 2.11 bits per heavy atom. The summed E-state index contributed by atoms with van der Waals surface area (Å²) in [6.07, 6.45) is 5.10. The van der Waals surface area contributed by atoms with Gasteiger partial charge in [0.15, 0.2) is 0 Å². The van der Waals surface area contributed by atoms with Crippen LogP contribution in [0.1, 0.15) is 32.1 Å². The molecule has 1 aliphatic rings. The summed E-state index contributed by atoms with van der Waals surface area (Å²) in [6.45, 7) is 1.89. The topological polar surface area (TPSA) is 63.9 Å². The van der Waals surface area contributed by atoms with Gasteiger partial charge in [0.1, 0.15) is 0 Å². The first-order chi connectivity index (χ1) is 8.77. The van der Waals surface area contributed by atoms with Crippen molar-refractivity contribution in [3.63, 3.8) is 0 Å². The Labute approximate surface area is 111 Å². The van der Waals surface area contributed by atoms with E-state index in [2.05, 4.69) is 15.5 Å². The number of thioether (sulfide) groups is 1. The van der Waals surface area contributed by atoms with Crippen LogP contribution in [0.4, 0.5) is 0 Å². The first kappa shape index (κ1) is 13.3. The second-order valence-corrected chi connectivity index (χ2v) is 5.54. The summed E-state index contributed by atoms with van der Waals surface area (Å²) in [4.78, 5) is 13.9. The van der Waals surface area contributed by atoms with Crippen molar-refractivity contribution in [1.82, 2.24) is 25.1 Å². The lowest BCUT2D eigenvalue weighted by molar-refractivity contribution is -0.132. The molecule has 0 atom stereocenters. The summed E-state index contributed by atoms with van der Waals surface area (Å²) in [5.41, 5.74) is 0. The highest BCUT2D eigenvalue weighted by Gasteiger charge is 2.15. The lowest BCUT2D eigenvalue weighted by Gasteiger charge is -2.26. The Kier molecular flexibility index (Phi) is 4.98. The van der Waals surface area contributed by atoms with E-state index in [0.717, 1.165) is 43.3 Å². The van der Waals surface area contributed by atoms with Gasteiger partial charge in [-0.3, -0.25) is 4.79 Å². The molecular formula is C11H19N5OS. The third kappa shape index (κ3) is 3.69. The average Bonchev–Trinajstić information content (AvgIpc) is 2.81. The van der Waals surface area contributed by atoms with Gasteiger partial charge in [0.05, 0.1) is 0 Å². The number of aromatic nitrogens is 4. The van der Waals surface area contributed by atoms with Crippen LogP contribution in [0.2, 0.25) is 0 Å². The highest BCUT2D eigenvalue weighted by atomic mass is 32.2. The van der Waals surface area contributed by atoms with Gasteiger partial charge in [0, 0.05) is 32.3 Å². The van der Waals surface area contributed by atoms with Crippen LogP contribution in [0.25, 0.3) is 0 Å². The minimum Gasteiger partial charge on any atom is -0.343 e. The number of likely N-dealkylation sites (tertiary alicyclic amines) is 1. The number of rotatable bonds is 5. The number of aryl methyl sites for hydroxylation is 1. The third-order valence-electron chi connectivity index (χ3n) is 3.06. The lowest BCUT2D eigenvalue weighted by atomic mass is 10.1. The van der Waals surface area contributed by atoms with Crippen molar-refractivity contribution in [2.24, 2.45) is 7.05 Å². The van der Waals surface area contributed by atoms with E-state index in [9.17, 15) is 4.79 Å². The number of amides is 1. The Hall–Kier alpha value is -1.11. The van der Waals surface area contributed by atoms with Gasteiger partial charge in [0.25, 0.3) is 0 Å². The Bertz CT molecular complexity index is 389. The highest BCUT2D eigenvalue weighted by molar-refractivity contribution is 7.99. The molecule has 6 nitrogen and oxygen atoms in total. The fraction of sp³-hybridized carbons (Fsp3) is 0.818. The van der Waals surface area contributed by atoms with Gasteiger partial charge >= 0.3 is 0 Å². The van der Waals surface area contributed by atoms with E-state index in [1.54, 1.807) is 16.4 Å². The fourth-order valence-electron chi connectivity index (χ4n) is 2.03. The molecule has 0 unspecified atom stereocenters. The molecule has 2 rings (SSSR count). The van der Waals surface area contributed by atoms with Gasteiger partial charge in [-0.1, -0.05) is 11.8 Å². The quantitative estimate of drug-likeness (QED) is 0.591. The highest BCUT2D eigenvalue weighted by Crippen LogP contribution is 2.16. The second kappa shape index (κ2) is 6.72. The molecule has 0 radical (unpaired) electrons. The molecule has 1 aliphatic heterocycles. The summed E-state index contributed by atoms with van der Waals surface area (Å²) in [5.74, 6) is 1.18. The molecule has 100 valence electrons. The van der Waals surface area contributed by atoms with Gasteiger partial charge in [-0.25, -0.2) is 4.68 Å². The van der Waals surface area contributed by atoms with Crippen molar-refractivity contribution < 1.29 is 4.79 Å². The molecule has 1 amide bonds. The molecule has 0 aromatic carbocycles. The molecule has 2 heterocycles. The van der Waals surface area contributed by atoms with Gasteiger partial charge < -0.3 is 4.90 Å². The molecule has 0 saturated carbocycles. The van der Waals surface area contributed by atoms with Crippen LogP contribution in [-0.2, 0) is 11.8 Å². The fourth-order valence-corrected chi connectivity index (χ4v) is 2.82. The molecule has 7 heteroatoms. The van der Waals surface area contributed by atoms with Crippen LogP contribution >= 0.6 is 11.8 Å². The van der Waals surface area contributed by atoms with Crippen LogP contribution in [0.15, 0.2) is 5.16 Å². The standard InChI is InChI=1S/C11H19N5OS/c1-15-11(12-13-14-15)18-9-5-6-10(17)16-7-3-2-4-8-16/h2-9H2,1H3. The maximum absolute atomic E-state index is 11.9. The monoisotopic (exact) mass is 269 g/mol. The van der Waals surface area contributed by atoms with Crippen LogP contribution < -0.4 is 0 Å². The van der Waals surface area contributed by atoms with Crippen LogP contribution in [0.3, 0.4) is 0 Å². The van der Waals surface area contributed by atoms with Crippen LogP contribution in [-0.4, -0.2) is 49.9 Å². The number of piperidine rings is 1. The maximum atomic E-state index is 11.9. The number of hydrogen-bond donors (Lipinski definition) is 0. The molecule has 1 fully saturated rings. The van der Waals surface area contributed by atoms with Crippen molar-refractivity contribution in [1.29, 1.82) is 0 Å². The Balaban J connectivity index is 1.63. The number of nitrogens with zero attached hydrogens (tertiary/aromatic N) is 5. The SMILES string of the molecule is Cn1nnnc1SCCCC(=O)N1CCCCC1. The Morgan fingerprint density at radius 1 is 1.33 bits per heavy atom. The van der Waals surface area contributed by atoms with Crippen molar-refractivity contribution in [3.8, 4) is 0 Å². The predicted octanol–water partition coefficient (Wildman–Crippen LogP) is 1.09. The van der Waals surface area contributed by atoms with Crippen molar-refractivity contribution in [2.75, 3.05) is 18.8 Å². The van der Waals surface area contributed by atoms with Gasteiger partial charge in [-0.2, -0.15) is 0 Å². The van der Waals surface area contributed by atoms with Crippen molar-refractivity contribution >= 4 is 17.7 Å². The summed E-state index contributed by atoms with van der Waals surface area (Å²) in [6, 6.07) is 0. The molecule has 0 aliphatic carbocycles. The molecular weight excluding hydrogens is 250 g/mol. The maximum Gasteiger partial charge on any atom is 0.222 e. The number of carbonyl (C=O) groups is 1. The van der Waals surface area contributed by atoms with E-state index in [0.29, 0.717) is 12.3 Å². The van der Waals surface area contributed by atoms with Gasteiger partial charge in [-0.05, 0) is 36.1 Å². The van der Waals surface area contributed by atoms with Crippen molar-refractivity contribution in [3.05, 3.63) is 0 Å². The molecule has 1 aromatic heterocycles. The van der Waals surface area contributed by atoms with E-state index in [1.165, 1.54) is 6.42 Å². The average molecular weight is 269 g/mol. The van der Waals surface area contributed by atoms with Crippen molar-refractivity contribution in [2.45, 2.75) is 37.3 Å². The van der Waals surface area contributed by atoms with Gasteiger partial charge in [-0.15, -0.1) is 5.10 Å². The molecule has 1 saturated heterocycles. The largest absolute Gasteiger partial charge is 0.343 e. The first-order valence-electron chi connectivity index (χ1n) is 6.40. The molecule has 0 N–H and O–H groups in total. The summed E-state index contributed by atoms with van der Waals surface area (Å²) >= 11 is 1.60. The zero-order chi connectivity index (χ0) is 12.8. The molecule has 0 bridgehead atoms. The predicted molar refractivity (Wildman–Crippen MR) is 69.2 cm³/mol. The summed E-state index contributed by atoms with van der Waals surface area (Å²) in [5, 5.41) is 12.0. The van der Waals surface area contributed by atoms with E-state index >= 15 is 0 Å². The number of tetrazole rings is 1. The van der Waals surface area contributed by atoms with E-state index in [4.69, 9.17) is 0 Å². The lowest BCUT2D eigenvalue weighted by Crippen LogP contribution is -2.35. The normalized spacial score (nSPS) is 15.9. The molecule has 18 heavy (non-hydrogen) atoms. The molecule has 0 spiro atoms. The Morgan fingerprint density at radius 3 is 2.78 bits per heavy atom. The van der Waals surface area contributed by atoms with Crippen LogP contribution in [0.5, 0.6) is 0 Å². The summed E-state index contributed by atoms with van der Waals surface area (Å²) in [7, 11) is 1.82. The van der Waals surface area contributed by atoms with E-state index in [1.807, 2.05) is 11.9 Å². The minimum atomic E-state index is 0.298. The number of hydrogen-bond acceptors (Lipinski definition) is 5. The van der Waals surface area contributed by atoms with Gasteiger partial charge in [0.2, 0.25) is 11.1 Å². The van der Waals surface area contributed by atoms with E-state index < -0.39 is 0 Å². The van der Waals surface area contributed by atoms with E-state index in [-0.39, 0.29) is 0 Å². The molecule has 1 aromatic rings.